The SMILES string of the molecule is CC(C)(C)OC(=O)N1CCC(c2[nH]c(-c3ccnc(C=Cc4ccccc4)c3)cc2C(=O)O)CC1. The van der Waals surface area contributed by atoms with Crippen molar-refractivity contribution in [2.24, 2.45) is 0 Å². The van der Waals surface area contributed by atoms with Crippen LogP contribution in [0.15, 0.2) is 54.7 Å². The third kappa shape index (κ3) is 6.18. The van der Waals surface area contributed by atoms with Gasteiger partial charge < -0.3 is 19.7 Å². The van der Waals surface area contributed by atoms with Gasteiger partial charge in [-0.2, -0.15) is 0 Å². The number of likely N-dealkylation sites (tertiary alicyclic amines) is 1. The van der Waals surface area contributed by atoms with Gasteiger partial charge in [0.05, 0.1) is 11.3 Å². The highest BCUT2D eigenvalue weighted by Gasteiger charge is 2.30. The molecule has 1 saturated heterocycles. The molecule has 0 bridgehead atoms. The second-order valence-electron chi connectivity index (χ2n) is 9.77. The minimum absolute atomic E-state index is 0.0211. The summed E-state index contributed by atoms with van der Waals surface area (Å²) in [6, 6.07) is 15.5. The van der Waals surface area contributed by atoms with E-state index in [4.69, 9.17) is 4.74 Å². The highest BCUT2D eigenvalue weighted by atomic mass is 16.6. The van der Waals surface area contributed by atoms with Gasteiger partial charge >= 0.3 is 12.1 Å². The molecule has 2 aromatic heterocycles. The van der Waals surface area contributed by atoms with Crippen molar-refractivity contribution in [3.8, 4) is 11.3 Å². The van der Waals surface area contributed by atoms with Crippen LogP contribution in [0, 0.1) is 0 Å². The van der Waals surface area contributed by atoms with Gasteiger partial charge in [-0.05, 0) is 63.5 Å². The summed E-state index contributed by atoms with van der Waals surface area (Å²) in [5.41, 5.74) is 3.90. The molecule has 2 N–H and O–H groups in total. The van der Waals surface area contributed by atoms with Crippen molar-refractivity contribution in [3.63, 3.8) is 0 Å². The summed E-state index contributed by atoms with van der Waals surface area (Å²) < 4.78 is 5.47. The van der Waals surface area contributed by atoms with Crippen molar-refractivity contribution in [1.29, 1.82) is 0 Å². The quantitative estimate of drug-likeness (QED) is 0.470. The van der Waals surface area contributed by atoms with Gasteiger partial charge in [-0.15, -0.1) is 0 Å². The van der Waals surface area contributed by atoms with E-state index in [0.717, 1.165) is 22.5 Å². The maximum atomic E-state index is 12.4. The molecular weight excluding hydrogens is 442 g/mol. The highest BCUT2D eigenvalue weighted by Crippen LogP contribution is 2.33. The van der Waals surface area contributed by atoms with Gasteiger partial charge in [0, 0.05) is 42.2 Å². The Labute approximate surface area is 205 Å². The highest BCUT2D eigenvalue weighted by molar-refractivity contribution is 5.91. The van der Waals surface area contributed by atoms with Crippen molar-refractivity contribution in [3.05, 3.63) is 77.2 Å². The Morgan fingerprint density at radius 3 is 2.46 bits per heavy atom. The zero-order valence-corrected chi connectivity index (χ0v) is 20.3. The number of hydrogen-bond acceptors (Lipinski definition) is 4. The number of carboxylic acids is 1. The maximum Gasteiger partial charge on any atom is 0.410 e. The van der Waals surface area contributed by atoms with Crippen molar-refractivity contribution in [2.45, 2.75) is 45.1 Å². The van der Waals surface area contributed by atoms with Gasteiger partial charge in [-0.1, -0.05) is 36.4 Å². The standard InChI is InChI=1S/C28H31N3O4/c1-28(2,3)35-27(34)31-15-12-20(13-16-31)25-23(26(32)33)18-24(30-25)21-11-14-29-22(17-21)10-9-19-7-5-4-6-8-19/h4-11,14,17-18,20,30H,12-13,15-16H2,1-3H3,(H,32,33). The number of aromatic carboxylic acids is 1. The molecule has 0 radical (unpaired) electrons. The lowest BCUT2D eigenvalue weighted by molar-refractivity contribution is 0.0203. The first-order valence-corrected chi connectivity index (χ1v) is 11.8. The summed E-state index contributed by atoms with van der Waals surface area (Å²) in [6.45, 7) is 6.59. The van der Waals surface area contributed by atoms with Gasteiger partial charge in [0.25, 0.3) is 0 Å². The molecule has 1 aliphatic heterocycles. The first-order chi connectivity index (χ1) is 16.7. The number of ether oxygens (including phenoxy) is 1. The molecule has 4 rings (SSSR count). The van der Waals surface area contributed by atoms with E-state index in [1.807, 2.05) is 75.4 Å². The number of pyridine rings is 1. The lowest BCUT2D eigenvalue weighted by atomic mass is 9.91. The predicted octanol–water partition coefficient (Wildman–Crippen LogP) is 6.06. The van der Waals surface area contributed by atoms with E-state index in [0.29, 0.717) is 31.6 Å². The Morgan fingerprint density at radius 1 is 1.09 bits per heavy atom. The van der Waals surface area contributed by atoms with Gasteiger partial charge in [-0.25, -0.2) is 9.59 Å². The molecule has 1 aromatic carbocycles. The molecule has 0 spiro atoms. The van der Waals surface area contributed by atoms with Crippen LogP contribution in [0.2, 0.25) is 0 Å². The molecule has 7 nitrogen and oxygen atoms in total. The van der Waals surface area contributed by atoms with Crippen LogP contribution >= 0.6 is 0 Å². The molecule has 182 valence electrons. The summed E-state index contributed by atoms with van der Waals surface area (Å²) in [5.74, 6) is -0.942. The van der Waals surface area contributed by atoms with Crippen LogP contribution in [0.5, 0.6) is 0 Å². The largest absolute Gasteiger partial charge is 0.478 e. The molecule has 0 aliphatic carbocycles. The predicted molar refractivity (Wildman–Crippen MR) is 136 cm³/mol. The normalized spacial score (nSPS) is 14.9. The number of hydrogen-bond donors (Lipinski definition) is 2. The molecule has 1 fully saturated rings. The first kappa shape index (κ1) is 24.3. The Hall–Kier alpha value is -3.87. The number of carboxylic acid groups (broad SMARTS) is 1. The smallest absolute Gasteiger partial charge is 0.410 e. The molecule has 0 unspecified atom stereocenters. The number of aromatic nitrogens is 2. The van der Waals surface area contributed by atoms with Crippen molar-refractivity contribution in [1.82, 2.24) is 14.9 Å². The van der Waals surface area contributed by atoms with E-state index < -0.39 is 11.6 Å². The summed E-state index contributed by atoms with van der Waals surface area (Å²) in [5, 5.41) is 9.86. The van der Waals surface area contributed by atoms with Crippen molar-refractivity contribution >= 4 is 24.2 Å². The van der Waals surface area contributed by atoms with E-state index in [9.17, 15) is 14.7 Å². The summed E-state index contributed by atoms with van der Waals surface area (Å²) >= 11 is 0. The molecular formula is C28H31N3O4. The number of aromatic amines is 1. The summed E-state index contributed by atoms with van der Waals surface area (Å²) in [7, 11) is 0. The summed E-state index contributed by atoms with van der Waals surface area (Å²) in [4.78, 5) is 33.9. The fourth-order valence-electron chi connectivity index (χ4n) is 4.25. The van der Waals surface area contributed by atoms with Crippen molar-refractivity contribution < 1.29 is 19.4 Å². The number of carbonyl (C=O) groups excluding carboxylic acids is 1. The van der Waals surface area contributed by atoms with Gasteiger partial charge in [0.2, 0.25) is 0 Å². The van der Waals surface area contributed by atoms with Crippen molar-refractivity contribution in [2.75, 3.05) is 13.1 Å². The third-order valence-corrected chi connectivity index (χ3v) is 5.97. The Kier molecular flexibility index (Phi) is 7.05. The van der Waals surface area contributed by atoms with Gasteiger partial charge in [-0.3, -0.25) is 4.98 Å². The van der Waals surface area contributed by atoms with Gasteiger partial charge in [0.15, 0.2) is 0 Å². The van der Waals surface area contributed by atoms with Crippen LogP contribution in [0.4, 0.5) is 4.79 Å². The van der Waals surface area contributed by atoms with Crippen LogP contribution in [-0.2, 0) is 4.74 Å². The minimum Gasteiger partial charge on any atom is -0.478 e. The number of piperidine rings is 1. The zero-order valence-electron chi connectivity index (χ0n) is 20.3. The first-order valence-electron chi connectivity index (χ1n) is 11.8. The number of amides is 1. The molecule has 3 aromatic rings. The summed E-state index contributed by atoms with van der Waals surface area (Å²) in [6.07, 6.45) is 6.66. The molecule has 0 saturated carbocycles. The Morgan fingerprint density at radius 2 is 1.80 bits per heavy atom. The van der Waals surface area contributed by atoms with E-state index in [1.54, 1.807) is 17.2 Å². The van der Waals surface area contributed by atoms with E-state index >= 15 is 0 Å². The van der Waals surface area contributed by atoms with Gasteiger partial charge in [0.1, 0.15) is 5.60 Å². The average Bonchev–Trinajstić information content (AvgIpc) is 3.29. The average molecular weight is 474 g/mol. The van der Waals surface area contributed by atoms with Crippen LogP contribution in [0.1, 0.15) is 66.8 Å². The van der Waals surface area contributed by atoms with E-state index in [2.05, 4.69) is 9.97 Å². The molecule has 0 atom stereocenters. The second-order valence-corrected chi connectivity index (χ2v) is 9.77. The number of rotatable bonds is 5. The number of carbonyl (C=O) groups is 2. The topological polar surface area (TPSA) is 95.5 Å². The van der Waals surface area contributed by atoms with Crippen LogP contribution < -0.4 is 0 Å². The van der Waals surface area contributed by atoms with E-state index in [1.165, 1.54) is 0 Å². The van der Waals surface area contributed by atoms with E-state index in [-0.39, 0.29) is 17.6 Å². The molecule has 35 heavy (non-hydrogen) atoms. The Balaban J connectivity index is 1.51. The monoisotopic (exact) mass is 473 g/mol. The van der Waals surface area contributed by atoms with Crippen LogP contribution in [0.3, 0.4) is 0 Å². The lowest BCUT2D eigenvalue weighted by Crippen LogP contribution is -2.41. The molecule has 1 amide bonds. The van der Waals surface area contributed by atoms with Crippen LogP contribution in [-0.4, -0.2) is 50.7 Å². The second kappa shape index (κ2) is 10.2. The number of nitrogens with zero attached hydrogens (tertiary/aromatic N) is 2. The number of H-pyrrole nitrogens is 1. The lowest BCUT2D eigenvalue weighted by Gasteiger charge is -2.33. The number of nitrogens with one attached hydrogen (secondary N) is 1. The fraction of sp³-hybridized carbons (Fsp3) is 0.321. The zero-order chi connectivity index (χ0) is 25.0. The molecule has 1 aliphatic rings. The molecule has 7 heteroatoms. The number of benzene rings is 1. The maximum absolute atomic E-state index is 12.4. The fourth-order valence-corrected chi connectivity index (χ4v) is 4.25. The Bertz CT molecular complexity index is 1220. The minimum atomic E-state index is -0.963. The molecule has 3 heterocycles. The third-order valence-electron chi connectivity index (χ3n) is 5.97. The van der Waals surface area contributed by atoms with Crippen LogP contribution in [0.25, 0.3) is 23.4 Å².